The highest BCUT2D eigenvalue weighted by Gasteiger charge is 2.05. The smallest absolute Gasteiger partial charge is 0.335 e. The summed E-state index contributed by atoms with van der Waals surface area (Å²) in [6, 6.07) is 18.7. The molecule has 0 amide bonds. The normalized spacial score (nSPS) is 9.77. The van der Waals surface area contributed by atoms with Crippen molar-refractivity contribution in [2.75, 3.05) is 0 Å². The standard InChI is InChI=1S/C19H15NO4.C2H6/c21-18-6-1-2-11-20(18)13-14-7-9-16(10-8-14)24-17-5-3-4-15(12-17)19(22)23;1-2/h1-12H,13H2,(H,22,23);1-2H3. The van der Waals surface area contributed by atoms with Crippen LogP contribution in [0.2, 0.25) is 0 Å². The highest BCUT2D eigenvalue weighted by Crippen LogP contribution is 2.22. The molecule has 134 valence electrons. The molecule has 5 heteroatoms. The largest absolute Gasteiger partial charge is 0.478 e. The Balaban J connectivity index is 0.00000117. The minimum Gasteiger partial charge on any atom is -0.478 e. The second kappa shape index (κ2) is 9.22. The topological polar surface area (TPSA) is 68.5 Å². The third-order valence-corrected chi connectivity index (χ3v) is 3.49. The lowest BCUT2D eigenvalue weighted by Crippen LogP contribution is -2.18. The maximum atomic E-state index is 11.7. The van der Waals surface area contributed by atoms with E-state index in [-0.39, 0.29) is 11.1 Å². The highest BCUT2D eigenvalue weighted by molar-refractivity contribution is 5.88. The van der Waals surface area contributed by atoms with Crippen molar-refractivity contribution in [1.29, 1.82) is 0 Å². The Hall–Kier alpha value is -3.34. The van der Waals surface area contributed by atoms with Gasteiger partial charge in [0.1, 0.15) is 11.5 Å². The Morgan fingerprint density at radius 3 is 2.35 bits per heavy atom. The van der Waals surface area contributed by atoms with Crippen molar-refractivity contribution in [2.24, 2.45) is 0 Å². The van der Waals surface area contributed by atoms with E-state index in [2.05, 4.69) is 0 Å². The fourth-order valence-corrected chi connectivity index (χ4v) is 2.28. The molecule has 0 atom stereocenters. The van der Waals surface area contributed by atoms with Crippen LogP contribution in [0.25, 0.3) is 0 Å². The molecular weight excluding hydrogens is 330 g/mol. The van der Waals surface area contributed by atoms with Gasteiger partial charge >= 0.3 is 5.97 Å². The highest BCUT2D eigenvalue weighted by atomic mass is 16.5. The number of nitrogens with zero attached hydrogens (tertiary/aromatic N) is 1. The zero-order valence-electron chi connectivity index (χ0n) is 14.8. The minimum absolute atomic E-state index is 0.0525. The van der Waals surface area contributed by atoms with Crippen LogP contribution >= 0.6 is 0 Å². The van der Waals surface area contributed by atoms with E-state index in [1.54, 1.807) is 41.1 Å². The van der Waals surface area contributed by atoms with Crippen molar-refractivity contribution in [3.8, 4) is 11.5 Å². The Kier molecular flexibility index (Phi) is 6.74. The quantitative estimate of drug-likeness (QED) is 0.739. The summed E-state index contributed by atoms with van der Waals surface area (Å²) in [5.41, 5.74) is 1.09. The zero-order valence-corrected chi connectivity index (χ0v) is 14.8. The third-order valence-electron chi connectivity index (χ3n) is 3.49. The van der Waals surface area contributed by atoms with Gasteiger partial charge in [-0.25, -0.2) is 4.79 Å². The van der Waals surface area contributed by atoms with E-state index in [4.69, 9.17) is 9.84 Å². The number of carboxylic acid groups (broad SMARTS) is 1. The molecule has 0 bridgehead atoms. The van der Waals surface area contributed by atoms with Crippen molar-refractivity contribution < 1.29 is 14.6 Å². The van der Waals surface area contributed by atoms with Gasteiger partial charge in [0.05, 0.1) is 12.1 Å². The predicted molar refractivity (Wildman–Crippen MR) is 101 cm³/mol. The zero-order chi connectivity index (χ0) is 18.9. The molecule has 0 aliphatic heterocycles. The van der Waals surface area contributed by atoms with Crippen molar-refractivity contribution >= 4 is 5.97 Å². The van der Waals surface area contributed by atoms with Crippen molar-refractivity contribution in [1.82, 2.24) is 4.57 Å². The maximum Gasteiger partial charge on any atom is 0.335 e. The molecule has 3 aromatic rings. The summed E-state index contributed by atoms with van der Waals surface area (Å²) in [6.45, 7) is 4.48. The predicted octanol–water partition coefficient (Wildman–Crippen LogP) is 4.41. The van der Waals surface area contributed by atoms with Crippen LogP contribution < -0.4 is 10.3 Å². The second-order valence-corrected chi connectivity index (χ2v) is 5.25. The summed E-state index contributed by atoms with van der Waals surface area (Å²) in [6.07, 6.45) is 1.74. The van der Waals surface area contributed by atoms with E-state index in [1.165, 1.54) is 18.2 Å². The number of hydrogen-bond donors (Lipinski definition) is 1. The number of aromatic nitrogens is 1. The van der Waals surface area contributed by atoms with Crippen molar-refractivity contribution in [3.63, 3.8) is 0 Å². The summed E-state index contributed by atoms with van der Waals surface area (Å²) in [5, 5.41) is 8.99. The first-order chi connectivity index (χ1) is 12.6. The number of hydrogen-bond acceptors (Lipinski definition) is 3. The number of carboxylic acids is 1. The summed E-state index contributed by atoms with van der Waals surface area (Å²) in [4.78, 5) is 22.7. The number of benzene rings is 2. The Labute approximate surface area is 152 Å². The van der Waals surface area contributed by atoms with E-state index < -0.39 is 5.97 Å². The van der Waals surface area contributed by atoms with Gasteiger partial charge in [0.25, 0.3) is 5.56 Å². The van der Waals surface area contributed by atoms with Crippen LogP contribution in [0.4, 0.5) is 0 Å². The van der Waals surface area contributed by atoms with Crippen LogP contribution in [-0.2, 0) is 6.54 Å². The van der Waals surface area contributed by atoms with Gasteiger partial charge in [-0.2, -0.15) is 0 Å². The molecule has 2 aromatic carbocycles. The van der Waals surface area contributed by atoms with E-state index >= 15 is 0 Å². The molecule has 0 radical (unpaired) electrons. The molecule has 1 N–H and O–H groups in total. The van der Waals surface area contributed by atoms with Gasteiger partial charge in [0, 0.05) is 12.3 Å². The van der Waals surface area contributed by atoms with Crippen LogP contribution in [0.3, 0.4) is 0 Å². The number of pyridine rings is 1. The lowest BCUT2D eigenvalue weighted by molar-refractivity contribution is 0.0696. The third kappa shape index (κ3) is 5.08. The fraction of sp³-hybridized carbons (Fsp3) is 0.143. The van der Waals surface area contributed by atoms with Gasteiger partial charge in [-0.05, 0) is 42.0 Å². The van der Waals surface area contributed by atoms with Gasteiger partial charge < -0.3 is 14.4 Å². The van der Waals surface area contributed by atoms with E-state index in [0.717, 1.165) is 5.56 Å². The minimum atomic E-state index is -0.996. The number of rotatable bonds is 5. The van der Waals surface area contributed by atoms with Crippen LogP contribution in [-0.4, -0.2) is 15.6 Å². The van der Waals surface area contributed by atoms with Gasteiger partial charge in [0.15, 0.2) is 0 Å². The average molecular weight is 351 g/mol. The maximum absolute atomic E-state index is 11.7. The molecule has 26 heavy (non-hydrogen) atoms. The first-order valence-corrected chi connectivity index (χ1v) is 8.37. The van der Waals surface area contributed by atoms with Gasteiger partial charge in [0.2, 0.25) is 0 Å². The summed E-state index contributed by atoms with van der Waals surface area (Å²) in [7, 11) is 0. The average Bonchev–Trinajstić information content (AvgIpc) is 2.67. The van der Waals surface area contributed by atoms with Crippen molar-refractivity contribution in [2.45, 2.75) is 20.4 Å². The lowest BCUT2D eigenvalue weighted by Gasteiger charge is -2.08. The summed E-state index contributed by atoms with van der Waals surface area (Å²) < 4.78 is 7.28. The molecule has 0 aliphatic rings. The van der Waals surface area contributed by atoms with E-state index in [9.17, 15) is 9.59 Å². The van der Waals surface area contributed by atoms with E-state index in [0.29, 0.717) is 18.0 Å². The first-order valence-electron chi connectivity index (χ1n) is 8.37. The number of ether oxygens (including phenoxy) is 1. The molecule has 0 spiro atoms. The fourth-order valence-electron chi connectivity index (χ4n) is 2.28. The molecule has 0 aliphatic carbocycles. The van der Waals surface area contributed by atoms with Crippen LogP contribution in [0, 0.1) is 0 Å². The molecule has 5 nitrogen and oxygen atoms in total. The second-order valence-electron chi connectivity index (χ2n) is 5.25. The van der Waals surface area contributed by atoms with Gasteiger partial charge in [-0.3, -0.25) is 4.79 Å². The molecular formula is C21H21NO4. The molecule has 3 rings (SSSR count). The van der Waals surface area contributed by atoms with Crippen LogP contribution in [0.1, 0.15) is 29.8 Å². The van der Waals surface area contributed by atoms with Crippen molar-refractivity contribution in [3.05, 3.63) is 94.4 Å². The van der Waals surface area contributed by atoms with Gasteiger partial charge in [-0.1, -0.05) is 38.1 Å². The number of aromatic carboxylic acids is 1. The first kappa shape index (κ1) is 19.0. The Bertz CT molecular complexity index is 914. The molecule has 0 unspecified atom stereocenters. The molecule has 1 heterocycles. The molecule has 0 fully saturated rings. The van der Waals surface area contributed by atoms with Gasteiger partial charge in [-0.15, -0.1) is 0 Å². The van der Waals surface area contributed by atoms with Crippen LogP contribution in [0.5, 0.6) is 11.5 Å². The number of carbonyl (C=O) groups is 1. The van der Waals surface area contributed by atoms with E-state index in [1.807, 2.05) is 32.0 Å². The lowest BCUT2D eigenvalue weighted by atomic mass is 10.2. The summed E-state index contributed by atoms with van der Waals surface area (Å²) in [5.74, 6) is 0.0627. The monoisotopic (exact) mass is 351 g/mol. The van der Waals surface area contributed by atoms with Crippen LogP contribution in [0.15, 0.2) is 77.7 Å². The Morgan fingerprint density at radius 1 is 0.962 bits per heavy atom. The Morgan fingerprint density at radius 2 is 1.69 bits per heavy atom. The molecule has 0 saturated carbocycles. The molecule has 0 saturated heterocycles. The SMILES string of the molecule is CC.O=C(O)c1cccc(Oc2ccc(Cn3ccccc3=O)cc2)c1. The summed E-state index contributed by atoms with van der Waals surface area (Å²) >= 11 is 0. The molecule has 1 aromatic heterocycles.